The van der Waals surface area contributed by atoms with Crippen LogP contribution in [0, 0.1) is 5.92 Å². The number of aromatic nitrogens is 1. The molecule has 1 fully saturated rings. The molecule has 2 heterocycles. The molecule has 2 rings (SSSR count). The minimum atomic E-state index is -4.53. The molecule has 2 atom stereocenters. The standard InChI is InChI=1S/C13H17ClF3N3O3S/c1-20(2)24(21,22)7-8-5-23-6-11(8)19-12-10(14)3-9(4-18-12)13(15,16)17/h3-4,8,11H,5-7H2,1-2H3,(H,18,19)/t8-,11+/m0/s1. The van der Waals surface area contributed by atoms with Crippen LogP contribution in [0.2, 0.25) is 5.02 Å². The summed E-state index contributed by atoms with van der Waals surface area (Å²) < 4.78 is 68.2. The molecule has 0 aliphatic carbocycles. The zero-order valence-electron chi connectivity index (χ0n) is 13.0. The highest BCUT2D eigenvalue weighted by Gasteiger charge is 2.35. The number of nitrogens with zero attached hydrogens (tertiary/aromatic N) is 2. The number of sulfonamides is 1. The van der Waals surface area contributed by atoms with Crippen molar-refractivity contribution in [1.82, 2.24) is 9.29 Å². The summed E-state index contributed by atoms with van der Waals surface area (Å²) >= 11 is 5.85. The lowest BCUT2D eigenvalue weighted by molar-refractivity contribution is -0.137. The van der Waals surface area contributed by atoms with Gasteiger partial charge in [-0.25, -0.2) is 17.7 Å². The number of pyridine rings is 1. The molecular formula is C13H17ClF3N3O3S. The van der Waals surface area contributed by atoms with Gasteiger partial charge in [0.1, 0.15) is 5.82 Å². The van der Waals surface area contributed by atoms with Crippen molar-refractivity contribution in [1.29, 1.82) is 0 Å². The highest BCUT2D eigenvalue weighted by Crippen LogP contribution is 2.33. The summed E-state index contributed by atoms with van der Waals surface area (Å²) in [4.78, 5) is 3.70. The number of anilines is 1. The van der Waals surface area contributed by atoms with Crippen molar-refractivity contribution in [3.63, 3.8) is 0 Å². The summed E-state index contributed by atoms with van der Waals surface area (Å²) in [6.07, 6.45) is -3.86. The molecule has 1 aromatic heterocycles. The Morgan fingerprint density at radius 3 is 2.62 bits per heavy atom. The number of hydrogen-bond donors (Lipinski definition) is 1. The van der Waals surface area contributed by atoms with Crippen molar-refractivity contribution in [2.45, 2.75) is 12.2 Å². The Kier molecular flexibility index (Phi) is 5.63. The molecule has 1 N–H and O–H groups in total. The van der Waals surface area contributed by atoms with E-state index < -0.39 is 27.8 Å². The molecule has 24 heavy (non-hydrogen) atoms. The van der Waals surface area contributed by atoms with Gasteiger partial charge >= 0.3 is 6.18 Å². The predicted octanol–water partition coefficient (Wildman–Crippen LogP) is 2.07. The summed E-state index contributed by atoms with van der Waals surface area (Å²) in [6.45, 7) is 0.440. The van der Waals surface area contributed by atoms with Crippen LogP contribution in [-0.2, 0) is 20.9 Å². The van der Waals surface area contributed by atoms with Gasteiger partial charge in [-0.05, 0) is 6.07 Å². The molecule has 11 heteroatoms. The Morgan fingerprint density at radius 2 is 2.08 bits per heavy atom. The molecule has 0 amide bonds. The van der Waals surface area contributed by atoms with Crippen LogP contribution in [0.15, 0.2) is 12.3 Å². The Morgan fingerprint density at radius 1 is 1.42 bits per heavy atom. The highest BCUT2D eigenvalue weighted by molar-refractivity contribution is 7.89. The zero-order chi connectivity index (χ0) is 18.1. The van der Waals surface area contributed by atoms with Gasteiger partial charge in [-0.2, -0.15) is 13.2 Å². The molecule has 1 aliphatic rings. The first-order valence-electron chi connectivity index (χ1n) is 6.98. The van der Waals surface area contributed by atoms with E-state index in [1.807, 2.05) is 0 Å². The van der Waals surface area contributed by atoms with Gasteiger partial charge in [-0.3, -0.25) is 0 Å². The third kappa shape index (κ3) is 4.50. The molecule has 1 aliphatic heterocycles. The van der Waals surface area contributed by atoms with Gasteiger partial charge in [0.25, 0.3) is 0 Å². The fourth-order valence-electron chi connectivity index (χ4n) is 2.22. The smallest absolute Gasteiger partial charge is 0.379 e. The molecule has 1 aromatic rings. The van der Waals surface area contributed by atoms with E-state index in [1.165, 1.54) is 14.1 Å². The molecule has 0 aromatic carbocycles. The SMILES string of the molecule is CN(C)S(=O)(=O)C[C@@H]1COC[C@H]1Nc1ncc(C(F)(F)F)cc1Cl. The van der Waals surface area contributed by atoms with Crippen LogP contribution in [0.4, 0.5) is 19.0 Å². The lowest BCUT2D eigenvalue weighted by Gasteiger charge is -2.22. The second-order valence-electron chi connectivity index (χ2n) is 5.66. The fraction of sp³-hybridized carbons (Fsp3) is 0.615. The van der Waals surface area contributed by atoms with Gasteiger partial charge in [0.15, 0.2) is 0 Å². The van der Waals surface area contributed by atoms with Crippen molar-refractivity contribution in [2.75, 3.05) is 38.4 Å². The summed E-state index contributed by atoms with van der Waals surface area (Å²) in [5, 5.41) is 2.69. The van der Waals surface area contributed by atoms with Crippen LogP contribution in [0.1, 0.15) is 5.56 Å². The van der Waals surface area contributed by atoms with Gasteiger partial charge in [0, 0.05) is 26.2 Å². The maximum absolute atomic E-state index is 12.6. The monoisotopic (exact) mass is 387 g/mol. The van der Waals surface area contributed by atoms with Crippen LogP contribution in [0.3, 0.4) is 0 Å². The summed E-state index contributed by atoms with van der Waals surface area (Å²) in [6, 6.07) is 0.361. The number of ether oxygens (including phenoxy) is 1. The third-order valence-corrected chi connectivity index (χ3v) is 5.92. The van der Waals surface area contributed by atoms with Gasteiger partial charge in [0.2, 0.25) is 10.0 Å². The van der Waals surface area contributed by atoms with Crippen molar-refractivity contribution in [2.24, 2.45) is 5.92 Å². The molecular weight excluding hydrogens is 371 g/mol. The van der Waals surface area contributed by atoms with E-state index in [9.17, 15) is 21.6 Å². The van der Waals surface area contributed by atoms with E-state index in [1.54, 1.807) is 0 Å². The Balaban J connectivity index is 2.13. The normalized spacial score (nSPS) is 22.1. The molecule has 136 valence electrons. The number of hydrogen-bond acceptors (Lipinski definition) is 5. The second kappa shape index (κ2) is 7.03. The summed E-state index contributed by atoms with van der Waals surface area (Å²) in [7, 11) is -0.567. The van der Waals surface area contributed by atoms with Crippen molar-refractivity contribution in [3.8, 4) is 0 Å². The van der Waals surface area contributed by atoms with E-state index in [-0.39, 0.29) is 35.7 Å². The largest absolute Gasteiger partial charge is 0.417 e. The van der Waals surface area contributed by atoms with E-state index in [0.29, 0.717) is 6.20 Å². The van der Waals surface area contributed by atoms with E-state index in [4.69, 9.17) is 16.3 Å². The quantitative estimate of drug-likeness (QED) is 0.837. The molecule has 0 saturated carbocycles. The van der Waals surface area contributed by atoms with Crippen molar-refractivity contribution < 1.29 is 26.3 Å². The highest BCUT2D eigenvalue weighted by atomic mass is 35.5. The first-order valence-corrected chi connectivity index (χ1v) is 8.96. The fourth-order valence-corrected chi connectivity index (χ4v) is 3.61. The van der Waals surface area contributed by atoms with E-state index in [0.717, 1.165) is 10.4 Å². The molecule has 1 saturated heterocycles. The molecule has 0 bridgehead atoms. The third-order valence-electron chi connectivity index (χ3n) is 3.67. The average Bonchev–Trinajstić information content (AvgIpc) is 2.86. The maximum Gasteiger partial charge on any atom is 0.417 e. The van der Waals surface area contributed by atoms with Crippen LogP contribution < -0.4 is 5.32 Å². The Labute approximate surface area is 143 Å². The van der Waals surface area contributed by atoms with Crippen LogP contribution in [-0.4, -0.2) is 56.8 Å². The topological polar surface area (TPSA) is 71.5 Å². The zero-order valence-corrected chi connectivity index (χ0v) is 14.5. The second-order valence-corrected chi connectivity index (χ2v) is 8.30. The van der Waals surface area contributed by atoms with Gasteiger partial charge < -0.3 is 10.1 Å². The molecule has 0 spiro atoms. The average molecular weight is 388 g/mol. The Bertz CT molecular complexity index is 697. The van der Waals surface area contributed by atoms with Gasteiger partial charge in [0.05, 0.1) is 35.6 Å². The molecule has 0 radical (unpaired) electrons. The van der Waals surface area contributed by atoms with Crippen molar-refractivity contribution in [3.05, 3.63) is 22.8 Å². The van der Waals surface area contributed by atoms with Gasteiger partial charge in [-0.15, -0.1) is 0 Å². The van der Waals surface area contributed by atoms with E-state index >= 15 is 0 Å². The number of nitrogens with one attached hydrogen (secondary N) is 1. The lowest BCUT2D eigenvalue weighted by atomic mass is 10.1. The number of rotatable bonds is 5. The maximum atomic E-state index is 12.6. The minimum absolute atomic E-state index is 0.0624. The molecule has 0 unspecified atom stereocenters. The predicted molar refractivity (Wildman–Crippen MR) is 83.4 cm³/mol. The minimum Gasteiger partial charge on any atom is -0.379 e. The van der Waals surface area contributed by atoms with Crippen LogP contribution in [0.25, 0.3) is 0 Å². The van der Waals surface area contributed by atoms with Crippen LogP contribution >= 0.6 is 11.6 Å². The molecule has 6 nitrogen and oxygen atoms in total. The Hall–Kier alpha value is -1.10. The van der Waals surface area contributed by atoms with Crippen molar-refractivity contribution >= 4 is 27.4 Å². The van der Waals surface area contributed by atoms with Crippen LogP contribution in [0.5, 0.6) is 0 Å². The summed E-state index contributed by atoms with van der Waals surface area (Å²) in [5.41, 5.74) is -0.951. The van der Waals surface area contributed by atoms with Gasteiger partial charge in [-0.1, -0.05) is 11.6 Å². The number of alkyl halides is 3. The summed E-state index contributed by atoms with van der Waals surface area (Å²) in [5.74, 6) is -0.444. The first kappa shape index (κ1) is 19.2. The van der Waals surface area contributed by atoms with E-state index in [2.05, 4.69) is 10.3 Å². The lowest BCUT2D eigenvalue weighted by Crippen LogP contribution is -2.37. The number of halogens is 4. The first-order chi connectivity index (χ1) is 11.0.